The maximum atomic E-state index is 12.8. The SMILES string of the molecule is COC(=O)c1cc(C(F)(F)F)cnc1Oc1ccc(F)cc1.O=C(O)c1cc(C(F)(F)F)cnc1Oc1ccc(F)cc1. The van der Waals surface area contributed by atoms with Gasteiger partial charge in [0.05, 0.1) is 18.2 Å². The van der Waals surface area contributed by atoms with E-state index in [1.54, 1.807) is 0 Å². The highest BCUT2D eigenvalue weighted by atomic mass is 19.4. The van der Waals surface area contributed by atoms with E-state index < -0.39 is 64.1 Å². The Bertz CT molecular complexity index is 1590. The number of hydrogen-bond acceptors (Lipinski definition) is 7. The molecule has 0 aliphatic rings. The highest BCUT2D eigenvalue weighted by molar-refractivity contribution is 5.92. The lowest BCUT2D eigenvalue weighted by Crippen LogP contribution is -2.11. The number of aromatic nitrogens is 2. The van der Waals surface area contributed by atoms with Crippen LogP contribution in [0.15, 0.2) is 73.1 Å². The second-order valence-corrected chi connectivity index (χ2v) is 8.06. The zero-order valence-electron chi connectivity index (χ0n) is 21.3. The molecule has 0 unspecified atom stereocenters. The van der Waals surface area contributed by atoms with Crippen LogP contribution in [0.2, 0.25) is 0 Å². The smallest absolute Gasteiger partial charge is 0.417 e. The third-order valence-corrected chi connectivity index (χ3v) is 5.05. The molecule has 0 saturated carbocycles. The highest BCUT2D eigenvalue weighted by Gasteiger charge is 2.34. The number of carboxylic acids is 1. The Balaban J connectivity index is 0.000000236. The van der Waals surface area contributed by atoms with Crippen molar-refractivity contribution < 1.29 is 64.0 Å². The third-order valence-electron chi connectivity index (χ3n) is 5.05. The molecule has 1 N–H and O–H groups in total. The number of hydrogen-bond donors (Lipinski definition) is 1. The second-order valence-electron chi connectivity index (χ2n) is 8.06. The number of halogens is 8. The average molecular weight is 616 g/mol. The van der Waals surface area contributed by atoms with Crippen LogP contribution in [0.3, 0.4) is 0 Å². The van der Waals surface area contributed by atoms with Crippen LogP contribution in [-0.2, 0) is 17.1 Å². The van der Waals surface area contributed by atoms with Crippen molar-refractivity contribution in [2.24, 2.45) is 0 Å². The molecule has 0 amide bonds. The number of rotatable bonds is 6. The van der Waals surface area contributed by atoms with Crippen molar-refractivity contribution in [2.45, 2.75) is 12.4 Å². The van der Waals surface area contributed by atoms with Gasteiger partial charge >= 0.3 is 24.3 Å². The van der Waals surface area contributed by atoms with Crippen molar-refractivity contribution >= 4 is 11.9 Å². The number of carbonyl (C=O) groups excluding carboxylic acids is 1. The van der Waals surface area contributed by atoms with E-state index in [4.69, 9.17) is 14.6 Å². The fraction of sp³-hybridized carbons (Fsp3) is 0.111. The minimum atomic E-state index is -4.72. The average Bonchev–Trinajstić information content (AvgIpc) is 2.94. The Morgan fingerprint density at radius 2 is 1.05 bits per heavy atom. The van der Waals surface area contributed by atoms with Crippen LogP contribution in [0.4, 0.5) is 35.1 Å². The van der Waals surface area contributed by atoms with Gasteiger partial charge in [0.25, 0.3) is 0 Å². The monoisotopic (exact) mass is 616 g/mol. The molecule has 16 heteroatoms. The molecule has 0 fully saturated rings. The quantitative estimate of drug-likeness (QED) is 0.175. The van der Waals surface area contributed by atoms with E-state index in [1.807, 2.05) is 0 Å². The Hall–Kier alpha value is -5.28. The first-order valence-electron chi connectivity index (χ1n) is 11.4. The molecule has 0 radical (unpaired) electrons. The Labute approximate surface area is 236 Å². The van der Waals surface area contributed by atoms with Gasteiger partial charge in [0.1, 0.15) is 34.3 Å². The van der Waals surface area contributed by atoms with Crippen molar-refractivity contribution in [1.82, 2.24) is 9.97 Å². The van der Waals surface area contributed by atoms with Gasteiger partial charge in [0.2, 0.25) is 11.8 Å². The molecule has 4 rings (SSSR count). The van der Waals surface area contributed by atoms with Crippen LogP contribution in [-0.4, -0.2) is 34.1 Å². The van der Waals surface area contributed by atoms with Gasteiger partial charge in [-0.25, -0.2) is 28.3 Å². The van der Waals surface area contributed by atoms with Crippen molar-refractivity contribution in [3.05, 3.63) is 107 Å². The van der Waals surface area contributed by atoms with Crippen molar-refractivity contribution in [3.8, 4) is 23.3 Å². The topological polar surface area (TPSA) is 108 Å². The molecule has 8 nitrogen and oxygen atoms in total. The van der Waals surface area contributed by atoms with Crippen molar-refractivity contribution in [2.75, 3.05) is 7.11 Å². The molecule has 0 bridgehead atoms. The summed E-state index contributed by atoms with van der Waals surface area (Å²) >= 11 is 0. The number of methoxy groups -OCH3 is 1. The summed E-state index contributed by atoms with van der Waals surface area (Å²) in [5.74, 6) is -4.43. The van der Waals surface area contributed by atoms with E-state index >= 15 is 0 Å². The lowest BCUT2D eigenvalue weighted by atomic mass is 10.2. The first-order chi connectivity index (χ1) is 20.1. The molecule has 2 aromatic heterocycles. The number of esters is 1. The van der Waals surface area contributed by atoms with Gasteiger partial charge in [0, 0.05) is 12.4 Å². The zero-order valence-corrected chi connectivity index (χ0v) is 21.3. The molecule has 4 aromatic rings. The molecular formula is C27H16F8N2O6. The van der Waals surface area contributed by atoms with Crippen LogP contribution < -0.4 is 9.47 Å². The summed E-state index contributed by atoms with van der Waals surface area (Å²) in [6.45, 7) is 0. The summed E-state index contributed by atoms with van der Waals surface area (Å²) in [5.41, 5.74) is -3.54. The van der Waals surface area contributed by atoms with Crippen LogP contribution in [0.25, 0.3) is 0 Å². The largest absolute Gasteiger partial charge is 0.477 e. The zero-order chi connectivity index (χ0) is 31.9. The van der Waals surface area contributed by atoms with Gasteiger partial charge < -0.3 is 19.3 Å². The van der Waals surface area contributed by atoms with Gasteiger partial charge in [-0.15, -0.1) is 0 Å². The first kappa shape index (κ1) is 32.2. The summed E-state index contributed by atoms with van der Waals surface area (Å²) < 4.78 is 116. The number of nitrogens with zero attached hydrogens (tertiary/aromatic N) is 2. The maximum Gasteiger partial charge on any atom is 0.417 e. The fourth-order valence-corrected chi connectivity index (χ4v) is 3.02. The molecular weight excluding hydrogens is 600 g/mol. The lowest BCUT2D eigenvalue weighted by molar-refractivity contribution is -0.138. The van der Waals surface area contributed by atoms with E-state index in [0.717, 1.165) is 31.4 Å². The number of benzene rings is 2. The van der Waals surface area contributed by atoms with Gasteiger partial charge in [-0.2, -0.15) is 26.3 Å². The van der Waals surface area contributed by atoms with E-state index in [1.165, 1.54) is 24.3 Å². The molecule has 2 aromatic carbocycles. The molecule has 0 saturated heterocycles. The van der Waals surface area contributed by atoms with Crippen LogP contribution in [0.5, 0.6) is 23.3 Å². The minimum absolute atomic E-state index is 0.0474. The molecule has 43 heavy (non-hydrogen) atoms. The number of aromatic carboxylic acids is 1. The summed E-state index contributed by atoms with van der Waals surface area (Å²) in [6, 6.07) is 10.2. The summed E-state index contributed by atoms with van der Waals surface area (Å²) in [7, 11) is 1.02. The van der Waals surface area contributed by atoms with Gasteiger partial charge in [0.15, 0.2) is 0 Å². The van der Waals surface area contributed by atoms with Crippen LogP contribution >= 0.6 is 0 Å². The predicted octanol–water partition coefficient (Wildman–Crippen LogP) is 7.55. The molecule has 2 heterocycles. The van der Waals surface area contributed by atoms with Crippen LogP contribution in [0.1, 0.15) is 31.8 Å². The molecule has 0 spiro atoms. The lowest BCUT2D eigenvalue weighted by Gasteiger charge is -2.12. The Morgan fingerprint density at radius 1 is 0.674 bits per heavy atom. The van der Waals surface area contributed by atoms with Crippen molar-refractivity contribution in [3.63, 3.8) is 0 Å². The Kier molecular flexibility index (Phi) is 9.85. The number of alkyl halides is 6. The predicted molar refractivity (Wildman–Crippen MR) is 130 cm³/mol. The highest BCUT2D eigenvalue weighted by Crippen LogP contribution is 2.34. The normalized spacial score (nSPS) is 11.2. The molecule has 0 aliphatic carbocycles. The van der Waals surface area contributed by atoms with E-state index in [9.17, 15) is 44.7 Å². The fourth-order valence-electron chi connectivity index (χ4n) is 3.02. The number of carboxylic acid groups (broad SMARTS) is 1. The van der Waals surface area contributed by atoms with Crippen molar-refractivity contribution in [1.29, 1.82) is 0 Å². The van der Waals surface area contributed by atoms with Gasteiger partial charge in [-0.05, 0) is 60.7 Å². The Morgan fingerprint density at radius 3 is 1.40 bits per heavy atom. The van der Waals surface area contributed by atoms with Gasteiger partial charge in [-0.1, -0.05) is 0 Å². The third kappa shape index (κ3) is 8.85. The number of carbonyl (C=O) groups is 2. The molecule has 0 aliphatic heterocycles. The van der Waals surface area contributed by atoms with Crippen LogP contribution in [0, 0.1) is 11.6 Å². The van der Waals surface area contributed by atoms with E-state index in [-0.39, 0.29) is 17.4 Å². The van der Waals surface area contributed by atoms with Gasteiger partial charge in [-0.3, -0.25) is 0 Å². The number of ether oxygens (including phenoxy) is 3. The number of pyridine rings is 2. The summed E-state index contributed by atoms with van der Waals surface area (Å²) in [4.78, 5) is 29.4. The molecule has 226 valence electrons. The minimum Gasteiger partial charge on any atom is -0.477 e. The summed E-state index contributed by atoms with van der Waals surface area (Å²) in [5, 5.41) is 8.93. The second kappa shape index (κ2) is 13.1. The summed E-state index contributed by atoms with van der Waals surface area (Å²) in [6.07, 6.45) is -8.38. The van der Waals surface area contributed by atoms with E-state index in [0.29, 0.717) is 24.5 Å². The maximum absolute atomic E-state index is 12.8. The standard InChI is InChI=1S/C14H9F4NO3.C13H7F4NO3/c1-21-13(20)11-6-8(14(16,17)18)7-19-12(11)22-10-4-2-9(15)3-5-10;14-8-1-3-9(4-2-8)21-11-10(12(19)20)5-7(6-18-11)13(15,16)17/h2-7H,1H3;1-6H,(H,19,20). The first-order valence-corrected chi connectivity index (χ1v) is 11.4. The van der Waals surface area contributed by atoms with E-state index in [2.05, 4.69) is 14.7 Å². The molecule has 0 atom stereocenters.